The molecule has 0 unspecified atom stereocenters. The van der Waals surface area contributed by atoms with Crippen LogP contribution < -0.4 is 9.80 Å². The average Bonchev–Trinajstić information content (AvgIpc) is 3.47. The maximum absolute atomic E-state index is 2.50. The van der Waals surface area contributed by atoms with Crippen LogP contribution in [0.25, 0.3) is 33.4 Å². The highest BCUT2D eigenvalue weighted by atomic mass is 15.2. The van der Waals surface area contributed by atoms with Gasteiger partial charge in [-0.15, -0.1) is 0 Å². The minimum absolute atomic E-state index is 0.0779. The van der Waals surface area contributed by atoms with Crippen molar-refractivity contribution in [2.75, 3.05) is 9.80 Å². The van der Waals surface area contributed by atoms with Crippen LogP contribution in [0.3, 0.4) is 0 Å². The van der Waals surface area contributed by atoms with E-state index in [1.807, 2.05) is 0 Å². The summed E-state index contributed by atoms with van der Waals surface area (Å²) in [4.78, 5) is 4.82. The first-order chi connectivity index (χ1) is 27.3. The van der Waals surface area contributed by atoms with Gasteiger partial charge in [-0.1, -0.05) is 149 Å². The molecule has 0 atom stereocenters. The fourth-order valence-corrected chi connectivity index (χ4v) is 9.22. The first-order valence-corrected chi connectivity index (χ1v) is 19.7. The summed E-state index contributed by atoms with van der Waals surface area (Å²) >= 11 is 0. The van der Waals surface area contributed by atoms with E-state index in [1.165, 1.54) is 72.7 Å². The molecular weight excluding hydrogens is 677 g/mol. The van der Waals surface area contributed by atoms with Crippen LogP contribution in [0.1, 0.15) is 49.9 Å². The number of fused-ring (bicyclic) bond motifs is 5. The van der Waals surface area contributed by atoms with E-state index in [0.717, 1.165) is 17.1 Å². The molecule has 0 N–H and O–H groups in total. The van der Waals surface area contributed by atoms with Crippen LogP contribution in [-0.2, 0) is 10.8 Å². The number of para-hydroxylation sites is 2. The Morgan fingerprint density at radius 3 is 1.48 bits per heavy atom. The van der Waals surface area contributed by atoms with E-state index in [9.17, 15) is 0 Å². The molecule has 0 saturated heterocycles. The lowest BCUT2D eigenvalue weighted by atomic mass is 9.71. The van der Waals surface area contributed by atoms with E-state index in [1.54, 1.807) is 0 Å². The van der Waals surface area contributed by atoms with Gasteiger partial charge in [0.25, 0.3) is 0 Å². The zero-order valence-corrected chi connectivity index (χ0v) is 32.4. The minimum Gasteiger partial charge on any atom is -0.311 e. The highest BCUT2D eigenvalue weighted by Gasteiger charge is 2.42. The van der Waals surface area contributed by atoms with Crippen LogP contribution in [0.15, 0.2) is 194 Å². The van der Waals surface area contributed by atoms with Gasteiger partial charge in [0.2, 0.25) is 0 Å². The van der Waals surface area contributed by atoms with Crippen molar-refractivity contribution < 1.29 is 0 Å². The lowest BCUT2D eigenvalue weighted by molar-refractivity contribution is 0.627. The lowest BCUT2D eigenvalue weighted by Gasteiger charge is -2.43. The Morgan fingerprint density at radius 1 is 0.339 bits per heavy atom. The number of hydrogen-bond acceptors (Lipinski definition) is 2. The van der Waals surface area contributed by atoms with E-state index >= 15 is 0 Å². The standard InChI is InChI=1S/C54H44N2/c1-53(2)47-23-15-14-22-45(47)46-35-50-52(36-48(46)53)56(42-20-12-7-13-21-42)51-33-28-40(34-49(51)54(50,3)4)39-26-31-44(32-27-39)55(41-18-10-6-11-19-41)43-29-24-38(25-30-43)37-16-8-5-9-17-37/h5-36H,1-4H3. The summed E-state index contributed by atoms with van der Waals surface area (Å²) in [7, 11) is 0. The molecule has 1 aliphatic carbocycles. The first kappa shape index (κ1) is 33.9. The van der Waals surface area contributed by atoms with Crippen molar-refractivity contribution in [3.05, 3.63) is 216 Å². The zero-order chi connectivity index (χ0) is 38.0. The van der Waals surface area contributed by atoms with Gasteiger partial charge in [0.1, 0.15) is 0 Å². The van der Waals surface area contributed by atoms with Crippen molar-refractivity contribution in [1.82, 2.24) is 0 Å². The summed E-state index contributed by atoms with van der Waals surface area (Å²) in [6.45, 7) is 9.55. The number of nitrogens with zero attached hydrogens (tertiary/aromatic N) is 2. The van der Waals surface area contributed by atoms with E-state index in [0.29, 0.717) is 0 Å². The van der Waals surface area contributed by atoms with E-state index in [2.05, 4.69) is 232 Å². The predicted molar refractivity (Wildman–Crippen MR) is 236 cm³/mol. The van der Waals surface area contributed by atoms with Crippen LogP contribution in [0.2, 0.25) is 0 Å². The van der Waals surface area contributed by atoms with Gasteiger partial charge in [0.15, 0.2) is 0 Å². The van der Waals surface area contributed by atoms with Gasteiger partial charge in [-0.05, 0) is 128 Å². The Balaban J connectivity index is 1.06. The fraction of sp³-hybridized carbons (Fsp3) is 0.111. The molecule has 8 aromatic rings. The molecule has 8 aromatic carbocycles. The van der Waals surface area contributed by atoms with Gasteiger partial charge in [0.05, 0.1) is 11.4 Å². The van der Waals surface area contributed by atoms with Gasteiger partial charge in [-0.25, -0.2) is 0 Å². The molecule has 56 heavy (non-hydrogen) atoms. The van der Waals surface area contributed by atoms with Crippen molar-refractivity contribution >= 4 is 34.1 Å². The quantitative estimate of drug-likeness (QED) is 0.169. The van der Waals surface area contributed by atoms with Crippen molar-refractivity contribution in [2.45, 2.75) is 38.5 Å². The molecule has 0 amide bonds. The second kappa shape index (κ2) is 13.0. The summed E-state index contributed by atoms with van der Waals surface area (Å²) in [5.74, 6) is 0. The first-order valence-electron chi connectivity index (χ1n) is 19.7. The third kappa shape index (κ3) is 5.39. The monoisotopic (exact) mass is 720 g/mol. The molecule has 0 saturated carbocycles. The van der Waals surface area contributed by atoms with Gasteiger partial charge >= 0.3 is 0 Å². The molecular formula is C54H44N2. The second-order valence-corrected chi connectivity index (χ2v) is 16.2. The molecule has 1 heterocycles. The number of anilines is 6. The molecule has 2 nitrogen and oxygen atoms in total. The van der Waals surface area contributed by atoms with Crippen LogP contribution in [0.4, 0.5) is 34.1 Å². The Bertz CT molecular complexity index is 2710. The normalized spacial score (nSPS) is 14.3. The molecule has 0 radical (unpaired) electrons. The third-order valence-electron chi connectivity index (χ3n) is 12.2. The average molecular weight is 721 g/mol. The summed E-state index contributed by atoms with van der Waals surface area (Å²) in [6, 6.07) is 71.0. The predicted octanol–water partition coefficient (Wildman–Crippen LogP) is 14.9. The van der Waals surface area contributed by atoms with Crippen molar-refractivity contribution in [1.29, 1.82) is 0 Å². The highest BCUT2D eigenvalue weighted by molar-refractivity contribution is 5.92. The molecule has 270 valence electrons. The largest absolute Gasteiger partial charge is 0.311 e. The van der Waals surface area contributed by atoms with Crippen LogP contribution in [0, 0.1) is 0 Å². The van der Waals surface area contributed by atoms with Crippen molar-refractivity contribution in [3.8, 4) is 33.4 Å². The minimum atomic E-state index is -0.237. The van der Waals surface area contributed by atoms with Crippen molar-refractivity contribution in [3.63, 3.8) is 0 Å². The van der Waals surface area contributed by atoms with E-state index in [-0.39, 0.29) is 10.8 Å². The third-order valence-corrected chi connectivity index (χ3v) is 12.2. The molecule has 0 bridgehead atoms. The topological polar surface area (TPSA) is 6.48 Å². The molecule has 1 aliphatic heterocycles. The maximum atomic E-state index is 2.50. The van der Waals surface area contributed by atoms with Gasteiger partial charge < -0.3 is 9.80 Å². The Morgan fingerprint density at radius 2 is 0.821 bits per heavy atom. The second-order valence-electron chi connectivity index (χ2n) is 16.2. The number of rotatable bonds is 6. The van der Waals surface area contributed by atoms with Gasteiger partial charge in [0, 0.05) is 33.6 Å². The lowest BCUT2D eigenvalue weighted by Crippen LogP contribution is -2.31. The maximum Gasteiger partial charge on any atom is 0.0506 e. The Kier molecular flexibility index (Phi) is 7.87. The Labute approximate surface area is 331 Å². The molecule has 0 fully saturated rings. The number of benzene rings is 8. The van der Waals surface area contributed by atoms with E-state index in [4.69, 9.17) is 0 Å². The van der Waals surface area contributed by atoms with Crippen LogP contribution >= 0.6 is 0 Å². The van der Waals surface area contributed by atoms with Crippen molar-refractivity contribution in [2.24, 2.45) is 0 Å². The number of hydrogen-bond donors (Lipinski definition) is 0. The summed E-state index contributed by atoms with van der Waals surface area (Å²) in [6.07, 6.45) is 0. The van der Waals surface area contributed by atoms with E-state index < -0.39 is 0 Å². The molecule has 2 aliphatic rings. The zero-order valence-electron chi connectivity index (χ0n) is 32.4. The smallest absolute Gasteiger partial charge is 0.0506 e. The Hall–Kier alpha value is -6.64. The summed E-state index contributed by atoms with van der Waals surface area (Å²) in [5.41, 5.74) is 19.7. The molecule has 0 spiro atoms. The SMILES string of the molecule is CC1(C)c2ccccc2-c2cc3c(cc21)N(c1ccccc1)c1ccc(-c2ccc(N(c4ccccc4)c4ccc(-c5ccccc5)cc4)cc2)cc1C3(C)C. The molecule has 10 rings (SSSR count). The molecule has 0 aromatic heterocycles. The summed E-state index contributed by atoms with van der Waals surface area (Å²) in [5, 5.41) is 0. The molecule has 2 heteroatoms. The van der Waals surface area contributed by atoms with Crippen LogP contribution in [-0.4, -0.2) is 0 Å². The summed E-state index contributed by atoms with van der Waals surface area (Å²) < 4.78 is 0. The fourth-order valence-electron chi connectivity index (χ4n) is 9.22. The van der Waals surface area contributed by atoms with Crippen LogP contribution in [0.5, 0.6) is 0 Å². The highest BCUT2D eigenvalue weighted by Crippen LogP contribution is 2.57. The van der Waals surface area contributed by atoms with Gasteiger partial charge in [-0.2, -0.15) is 0 Å². The van der Waals surface area contributed by atoms with Gasteiger partial charge in [-0.3, -0.25) is 0 Å².